The van der Waals surface area contributed by atoms with Crippen molar-refractivity contribution >= 4 is 23.5 Å². The predicted octanol–water partition coefficient (Wildman–Crippen LogP) is 1.83. The molecule has 0 unspecified atom stereocenters. The molecule has 0 radical (unpaired) electrons. The summed E-state index contributed by atoms with van der Waals surface area (Å²) in [7, 11) is 0. The zero-order valence-electron chi connectivity index (χ0n) is 11.1. The quantitative estimate of drug-likeness (QED) is 0.632. The number of hydrogen-bond donors (Lipinski definition) is 2. The largest absolute Gasteiger partial charge is 0.478 e. The van der Waals surface area contributed by atoms with Gasteiger partial charge in [0.25, 0.3) is 0 Å². The molecule has 0 bridgehead atoms. The van der Waals surface area contributed by atoms with Gasteiger partial charge in [-0.05, 0) is 38.1 Å². The second kappa shape index (κ2) is 7.08. The van der Waals surface area contributed by atoms with E-state index in [1.165, 1.54) is 24.3 Å². The van der Waals surface area contributed by atoms with Crippen LogP contribution in [0.4, 0.5) is 5.69 Å². The van der Waals surface area contributed by atoms with E-state index in [0.29, 0.717) is 11.3 Å². The number of ether oxygens (including phenoxy) is 1. The predicted molar refractivity (Wildman–Crippen MR) is 72.4 cm³/mol. The van der Waals surface area contributed by atoms with Crippen LogP contribution >= 0.6 is 0 Å². The SMILES string of the molecule is CC(C)OC(=O)c1ccc(NC(=O)/C=C/C(=O)O)cc1. The summed E-state index contributed by atoms with van der Waals surface area (Å²) in [5, 5.41) is 10.8. The molecule has 0 aliphatic rings. The molecule has 0 aliphatic carbocycles. The van der Waals surface area contributed by atoms with Gasteiger partial charge >= 0.3 is 11.9 Å². The van der Waals surface area contributed by atoms with Crippen LogP contribution in [0.5, 0.6) is 0 Å². The van der Waals surface area contributed by atoms with Gasteiger partial charge < -0.3 is 15.2 Å². The number of carbonyl (C=O) groups is 3. The van der Waals surface area contributed by atoms with Crippen LogP contribution < -0.4 is 5.32 Å². The van der Waals surface area contributed by atoms with Gasteiger partial charge in [-0.25, -0.2) is 9.59 Å². The first-order valence-electron chi connectivity index (χ1n) is 5.91. The Bertz CT molecular complexity index is 531. The van der Waals surface area contributed by atoms with E-state index < -0.39 is 17.8 Å². The Morgan fingerprint density at radius 2 is 1.75 bits per heavy atom. The highest BCUT2D eigenvalue weighted by atomic mass is 16.5. The van der Waals surface area contributed by atoms with Crippen molar-refractivity contribution in [3.05, 3.63) is 42.0 Å². The maximum Gasteiger partial charge on any atom is 0.338 e. The van der Waals surface area contributed by atoms with Crippen molar-refractivity contribution in [2.45, 2.75) is 20.0 Å². The van der Waals surface area contributed by atoms with Gasteiger partial charge in [0.2, 0.25) is 5.91 Å². The zero-order chi connectivity index (χ0) is 15.1. The number of carbonyl (C=O) groups excluding carboxylic acids is 2. The minimum atomic E-state index is -1.20. The van der Waals surface area contributed by atoms with Crippen LogP contribution in [0, 0.1) is 0 Å². The van der Waals surface area contributed by atoms with Crippen LogP contribution in [0.15, 0.2) is 36.4 Å². The van der Waals surface area contributed by atoms with E-state index in [9.17, 15) is 14.4 Å². The number of amides is 1. The number of esters is 1. The molecule has 1 aromatic carbocycles. The van der Waals surface area contributed by atoms with Gasteiger partial charge in [0.1, 0.15) is 0 Å². The average Bonchev–Trinajstić information content (AvgIpc) is 2.36. The highest BCUT2D eigenvalue weighted by molar-refractivity contribution is 6.02. The second-order valence-corrected chi connectivity index (χ2v) is 4.19. The van der Waals surface area contributed by atoms with Gasteiger partial charge in [-0.15, -0.1) is 0 Å². The summed E-state index contributed by atoms with van der Waals surface area (Å²) in [5.41, 5.74) is 0.823. The fraction of sp³-hybridized carbons (Fsp3) is 0.214. The molecule has 6 nitrogen and oxygen atoms in total. The fourth-order valence-electron chi connectivity index (χ4n) is 1.30. The van der Waals surface area contributed by atoms with Crippen molar-refractivity contribution < 1.29 is 24.2 Å². The van der Waals surface area contributed by atoms with Crippen LogP contribution in [0.1, 0.15) is 24.2 Å². The molecule has 1 aromatic rings. The molecular weight excluding hydrogens is 262 g/mol. The lowest BCUT2D eigenvalue weighted by molar-refractivity contribution is -0.131. The molecule has 0 heterocycles. The minimum absolute atomic E-state index is 0.206. The van der Waals surface area contributed by atoms with Crippen molar-refractivity contribution in [1.82, 2.24) is 0 Å². The molecule has 1 amide bonds. The molecule has 2 N–H and O–H groups in total. The van der Waals surface area contributed by atoms with Crippen molar-refractivity contribution in [3.63, 3.8) is 0 Å². The number of anilines is 1. The van der Waals surface area contributed by atoms with Gasteiger partial charge in [0.15, 0.2) is 0 Å². The molecule has 1 rings (SSSR count). The van der Waals surface area contributed by atoms with Crippen LogP contribution in [0.3, 0.4) is 0 Å². The van der Waals surface area contributed by atoms with E-state index >= 15 is 0 Å². The molecule has 0 spiro atoms. The van der Waals surface area contributed by atoms with Crippen LogP contribution in [0.2, 0.25) is 0 Å². The van der Waals surface area contributed by atoms with E-state index in [-0.39, 0.29) is 6.10 Å². The molecule has 0 saturated carbocycles. The summed E-state index contributed by atoms with van der Waals surface area (Å²) < 4.78 is 5.02. The van der Waals surface area contributed by atoms with Crippen molar-refractivity contribution in [1.29, 1.82) is 0 Å². The summed E-state index contributed by atoms with van der Waals surface area (Å²) in [4.78, 5) is 33.2. The van der Waals surface area contributed by atoms with Gasteiger partial charge in [0, 0.05) is 17.8 Å². The molecule has 0 atom stereocenters. The van der Waals surface area contributed by atoms with Gasteiger partial charge in [-0.2, -0.15) is 0 Å². The third kappa shape index (κ3) is 5.34. The minimum Gasteiger partial charge on any atom is -0.478 e. The van der Waals surface area contributed by atoms with E-state index in [1.807, 2.05) is 0 Å². The Morgan fingerprint density at radius 1 is 1.15 bits per heavy atom. The molecule has 0 aromatic heterocycles. The number of benzene rings is 1. The van der Waals surface area contributed by atoms with Gasteiger partial charge in [-0.1, -0.05) is 0 Å². The Hall–Kier alpha value is -2.63. The zero-order valence-corrected chi connectivity index (χ0v) is 11.1. The number of carboxylic acids is 1. The lowest BCUT2D eigenvalue weighted by Crippen LogP contribution is -2.12. The summed E-state index contributed by atoms with van der Waals surface area (Å²) in [6, 6.07) is 6.09. The standard InChI is InChI=1S/C14H15NO5/c1-9(2)20-14(19)10-3-5-11(6-4-10)15-12(16)7-8-13(17)18/h3-9H,1-2H3,(H,15,16)(H,17,18)/b8-7+. The summed E-state index contributed by atoms with van der Waals surface area (Å²) in [6.07, 6.45) is 1.44. The van der Waals surface area contributed by atoms with E-state index in [1.54, 1.807) is 13.8 Å². The molecule has 106 valence electrons. The second-order valence-electron chi connectivity index (χ2n) is 4.19. The summed E-state index contributed by atoms with van der Waals surface area (Å²) in [6.45, 7) is 3.50. The Kier molecular flexibility index (Phi) is 5.46. The van der Waals surface area contributed by atoms with Gasteiger partial charge in [0.05, 0.1) is 11.7 Å². The molecule has 6 heteroatoms. The van der Waals surface area contributed by atoms with Crippen molar-refractivity contribution in [2.24, 2.45) is 0 Å². The fourth-order valence-corrected chi connectivity index (χ4v) is 1.30. The molecular formula is C14H15NO5. The highest BCUT2D eigenvalue weighted by Crippen LogP contribution is 2.11. The number of aliphatic carboxylic acids is 1. The lowest BCUT2D eigenvalue weighted by Gasteiger charge is -2.08. The van der Waals surface area contributed by atoms with E-state index in [4.69, 9.17) is 9.84 Å². The maximum atomic E-state index is 11.6. The smallest absolute Gasteiger partial charge is 0.338 e. The topological polar surface area (TPSA) is 92.7 Å². The Morgan fingerprint density at radius 3 is 2.25 bits per heavy atom. The molecule has 20 heavy (non-hydrogen) atoms. The normalized spacial score (nSPS) is 10.6. The first-order chi connectivity index (χ1) is 9.38. The van der Waals surface area contributed by atoms with E-state index in [2.05, 4.69) is 5.32 Å². The monoisotopic (exact) mass is 277 g/mol. The summed E-state index contributed by atoms with van der Waals surface area (Å²) in [5.74, 6) is -2.21. The average molecular weight is 277 g/mol. The van der Waals surface area contributed by atoms with Crippen LogP contribution in [-0.4, -0.2) is 29.1 Å². The molecule has 0 aliphatic heterocycles. The van der Waals surface area contributed by atoms with Gasteiger partial charge in [-0.3, -0.25) is 4.79 Å². The van der Waals surface area contributed by atoms with Crippen LogP contribution in [0.25, 0.3) is 0 Å². The Labute approximate surface area is 116 Å². The lowest BCUT2D eigenvalue weighted by atomic mass is 10.2. The molecule has 0 fully saturated rings. The Balaban J connectivity index is 2.65. The third-order valence-corrected chi connectivity index (χ3v) is 2.11. The van der Waals surface area contributed by atoms with Crippen molar-refractivity contribution in [3.8, 4) is 0 Å². The highest BCUT2D eigenvalue weighted by Gasteiger charge is 2.09. The molecule has 0 saturated heterocycles. The van der Waals surface area contributed by atoms with E-state index in [0.717, 1.165) is 12.2 Å². The number of nitrogens with one attached hydrogen (secondary N) is 1. The summed E-state index contributed by atoms with van der Waals surface area (Å²) >= 11 is 0. The first kappa shape index (κ1) is 15.4. The number of carboxylic acid groups (broad SMARTS) is 1. The van der Waals surface area contributed by atoms with Crippen LogP contribution in [-0.2, 0) is 14.3 Å². The third-order valence-electron chi connectivity index (χ3n) is 2.11. The van der Waals surface area contributed by atoms with Crippen molar-refractivity contribution in [2.75, 3.05) is 5.32 Å². The first-order valence-corrected chi connectivity index (χ1v) is 5.91. The maximum absolute atomic E-state index is 11.6. The number of rotatable bonds is 5. The number of hydrogen-bond acceptors (Lipinski definition) is 4.